The molecule has 0 radical (unpaired) electrons. The fraction of sp³-hybridized carbons (Fsp3) is 0.0345. The van der Waals surface area contributed by atoms with E-state index in [1.54, 1.807) is 12.4 Å². The van der Waals surface area contributed by atoms with Gasteiger partial charge in [0.05, 0.1) is 11.0 Å². The molecule has 0 unspecified atom stereocenters. The molecule has 0 amide bonds. The van der Waals surface area contributed by atoms with Gasteiger partial charge in [0.1, 0.15) is 0 Å². The lowest BCUT2D eigenvalue weighted by atomic mass is 9.95. The van der Waals surface area contributed by atoms with Crippen LogP contribution in [0.2, 0.25) is 0 Å². The molecule has 10 rings (SSSR count). The van der Waals surface area contributed by atoms with Crippen molar-refractivity contribution in [1.29, 1.82) is 0 Å². The summed E-state index contributed by atoms with van der Waals surface area (Å²) in [5.74, 6) is 0.703. The molecule has 0 atom stereocenters. The molecular weight excluding hydrogens is 767 g/mol. The van der Waals surface area contributed by atoms with Crippen LogP contribution in [-0.2, 0) is 6.42 Å². The molecule has 5 heteroatoms. The number of aromatic nitrogens is 3. The largest absolute Gasteiger partial charge is 0.394 e. The lowest BCUT2D eigenvalue weighted by Crippen LogP contribution is -2.10. The van der Waals surface area contributed by atoms with Gasteiger partial charge < -0.3 is 14.8 Å². The number of hydrogen-bond donors (Lipinski definition) is 1. The molecule has 0 bridgehead atoms. The quantitative estimate of drug-likeness (QED) is 0.125. The topological polar surface area (TPSA) is 46.0 Å². The Hall–Kier alpha value is -8.28. The zero-order valence-corrected chi connectivity index (χ0v) is 35.0. The number of nitrogens with one attached hydrogen (secondary N) is 1. The van der Waals surface area contributed by atoms with Crippen molar-refractivity contribution in [3.63, 3.8) is 0 Å². The molecule has 10 aromatic rings. The highest BCUT2D eigenvalue weighted by Crippen LogP contribution is 2.43. The van der Waals surface area contributed by atoms with Crippen molar-refractivity contribution in [3.8, 4) is 50.5 Å². The van der Waals surface area contributed by atoms with Crippen LogP contribution in [0.25, 0.3) is 72.3 Å². The fourth-order valence-electron chi connectivity index (χ4n) is 8.48. The summed E-state index contributed by atoms with van der Waals surface area (Å²) < 4.78 is 2.46. The van der Waals surface area contributed by atoms with E-state index in [9.17, 15) is 0 Å². The Morgan fingerprint density at radius 2 is 1.06 bits per heavy atom. The van der Waals surface area contributed by atoms with Crippen molar-refractivity contribution in [2.75, 3.05) is 11.9 Å². The first-order valence-electron chi connectivity index (χ1n) is 21.4. The van der Waals surface area contributed by atoms with Crippen LogP contribution in [0.4, 0.5) is 17.1 Å². The number of fused-ring (bicyclic) bond motifs is 3. The standard InChI is InChI=1S/C58H45N5/c1-59-36-13-5-6-15-42-22-27-49(28-23-42)62(50-29-24-46(25-30-50)58-60-37-14-38-61-58)51-31-33-52(34-32-51)63-56-41-47(43-16-7-2-8-17-43)26-35-53(56)55-40-48(44-18-9-3-10-19-44)39-54(57(55)63)45-20-11-4-12-21-45/h2-14,16-41,59H,15H2,1H3/b6-5-,36-13-. The summed E-state index contributed by atoms with van der Waals surface area (Å²) in [4.78, 5) is 11.3. The van der Waals surface area contributed by atoms with Crippen LogP contribution in [0.15, 0.2) is 237 Å². The summed E-state index contributed by atoms with van der Waals surface area (Å²) in [5.41, 5.74) is 15.9. The Balaban J connectivity index is 1.13. The minimum absolute atomic E-state index is 0.703. The van der Waals surface area contributed by atoms with Gasteiger partial charge in [-0.05, 0) is 137 Å². The number of anilines is 3. The molecule has 1 N–H and O–H groups in total. The zero-order chi connectivity index (χ0) is 42.4. The number of rotatable bonds is 12. The van der Waals surface area contributed by atoms with E-state index in [2.05, 4.69) is 231 Å². The van der Waals surface area contributed by atoms with Gasteiger partial charge in [-0.25, -0.2) is 9.97 Å². The molecular formula is C58H45N5. The van der Waals surface area contributed by atoms with E-state index in [0.717, 1.165) is 40.3 Å². The summed E-state index contributed by atoms with van der Waals surface area (Å²) in [6.45, 7) is 0. The third-order valence-electron chi connectivity index (χ3n) is 11.5. The van der Waals surface area contributed by atoms with Crippen LogP contribution < -0.4 is 10.2 Å². The van der Waals surface area contributed by atoms with E-state index < -0.39 is 0 Å². The predicted octanol–water partition coefficient (Wildman–Crippen LogP) is 14.5. The zero-order valence-electron chi connectivity index (χ0n) is 35.0. The lowest BCUT2D eigenvalue weighted by molar-refractivity contribution is 1.10. The predicted molar refractivity (Wildman–Crippen MR) is 264 cm³/mol. The first-order valence-corrected chi connectivity index (χ1v) is 21.4. The highest BCUT2D eigenvalue weighted by molar-refractivity contribution is 6.16. The normalized spacial score (nSPS) is 11.5. The Kier molecular flexibility index (Phi) is 11.0. The maximum absolute atomic E-state index is 4.50. The molecule has 0 saturated carbocycles. The van der Waals surface area contributed by atoms with Crippen LogP contribution in [-0.4, -0.2) is 21.6 Å². The van der Waals surface area contributed by atoms with Crippen molar-refractivity contribution in [2.45, 2.75) is 6.42 Å². The van der Waals surface area contributed by atoms with Crippen LogP contribution in [0.5, 0.6) is 0 Å². The molecule has 0 saturated heterocycles. The Bertz CT molecular complexity index is 3170. The van der Waals surface area contributed by atoms with Gasteiger partial charge in [0, 0.05) is 64.1 Å². The fourth-order valence-corrected chi connectivity index (χ4v) is 8.48. The van der Waals surface area contributed by atoms with Crippen molar-refractivity contribution >= 4 is 38.9 Å². The summed E-state index contributed by atoms with van der Waals surface area (Å²) in [7, 11) is 1.90. The third-order valence-corrected chi connectivity index (χ3v) is 11.5. The average Bonchev–Trinajstić information content (AvgIpc) is 3.69. The van der Waals surface area contributed by atoms with E-state index in [1.807, 2.05) is 25.4 Å². The summed E-state index contributed by atoms with van der Waals surface area (Å²) in [6, 6.07) is 72.0. The molecule has 0 fully saturated rings. The molecule has 302 valence electrons. The summed E-state index contributed by atoms with van der Waals surface area (Å²) >= 11 is 0. The van der Waals surface area contributed by atoms with Crippen molar-refractivity contribution < 1.29 is 0 Å². The second-order valence-electron chi connectivity index (χ2n) is 15.5. The van der Waals surface area contributed by atoms with Gasteiger partial charge in [0.25, 0.3) is 0 Å². The highest BCUT2D eigenvalue weighted by Gasteiger charge is 2.20. The molecule has 0 aliphatic heterocycles. The molecule has 8 aromatic carbocycles. The molecule has 0 aliphatic rings. The van der Waals surface area contributed by atoms with Crippen molar-refractivity contribution in [2.24, 2.45) is 0 Å². The van der Waals surface area contributed by atoms with Gasteiger partial charge in [-0.15, -0.1) is 0 Å². The molecule has 0 aliphatic carbocycles. The van der Waals surface area contributed by atoms with Crippen LogP contribution in [0.3, 0.4) is 0 Å². The molecule has 63 heavy (non-hydrogen) atoms. The SMILES string of the molecule is CN/C=C\C=C/Cc1ccc(N(c2ccc(-c3ncccn3)cc2)c2ccc(-n3c4cc(-c5ccccc5)ccc4c4cc(-c5ccccc5)cc(-c5ccccc5)c43)cc2)cc1. The van der Waals surface area contributed by atoms with E-state index in [-0.39, 0.29) is 0 Å². The number of nitrogens with zero attached hydrogens (tertiary/aromatic N) is 4. The Morgan fingerprint density at radius 1 is 0.492 bits per heavy atom. The molecule has 2 aromatic heterocycles. The van der Waals surface area contributed by atoms with Crippen LogP contribution in [0.1, 0.15) is 5.56 Å². The second-order valence-corrected chi connectivity index (χ2v) is 15.5. The summed E-state index contributed by atoms with van der Waals surface area (Å²) in [6.07, 6.45) is 12.6. The second kappa shape index (κ2) is 17.7. The van der Waals surface area contributed by atoms with E-state index in [4.69, 9.17) is 0 Å². The van der Waals surface area contributed by atoms with Gasteiger partial charge in [0.15, 0.2) is 5.82 Å². The maximum atomic E-state index is 4.50. The minimum atomic E-state index is 0.703. The molecule has 0 spiro atoms. The Labute approximate surface area is 368 Å². The monoisotopic (exact) mass is 811 g/mol. The average molecular weight is 812 g/mol. The number of benzene rings is 8. The lowest BCUT2D eigenvalue weighted by Gasteiger charge is -2.26. The number of hydrogen-bond acceptors (Lipinski definition) is 4. The van der Waals surface area contributed by atoms with E-state index in [1.165, 1.54) is 55.2 Å². The Morgan fingerprint density at radius 3 is 1.70 bits per heavy atom. The van der Waals surface area contributed by atoms with Gasteiger partial charge in [-0.3, -0.25) is 0 Å². The first kappa shape index (κ1) is 38.9. The smallest absolute Gasteiger partial charge is 0.159 e. The minimum Gasteiger partial charge on any atom is -0.394 e. The van der Waals surface area contributed by atoms with Crippen LogP contribution >= 0.6 is 0 Å². The molecule has 5 nitrogen and oxygen atoms in total. The summed E-state index contributed by atoms with van der Waals surface area (Å²) in [5, 5.41) is 5.46. The van der Waals surface area contributed by atoms with E-state index in [0.29, 0.717) is 5.82 Å². The van der Waals surface area contributed by atoms with Gasteiger partial charge in [0.2, 0.25) is 0 Å². The van der Waals surface area contributed by atoms with E-state index >= 15 is 0 Å². The van der Waals surface area contributed by atoms with Gasteiger partial charge >= 0.3 is 0 Å². The van der Waals surface area contributed by atoms with Gasteiger partial charge in [-0.2, -0.15) is 0 Å². The van der Waals surface area contributed by atoms with Crippen molar-refractivity contribution in [3.05, 3.63) is 243 Å². The first-order chi connectivity index (χ1) is 31.2. The molecule has 2 heterocycles. The maximum Gasteiger partial charge on any atom is 0.159 e. The number of allylic oxidation sites excluding steroid dienone is 3. The van der Waals surface area contributed by atoms with Gasteiger partial charge in [-0.1, -0.05) is 127 Å². The highest BCUT2D eigenvalue weighted by atomic mass is 15.1. The van der Waals surface area contributed by atoms with Crippen LogP contribution in [0, 0.1) is 0 Å². The third kappa shape index (κ3) is 8.04. The van der Waals surface area contributed by atoms with Crippen molar-refractivity contribution in [1.82, 2.24) is 19.9 Å².